The molecule has 0 aromatic heterocycles. The van der Waals surface area contributed by atoms with Crippen LogP contribution >= 0.6 is 11.8 Å². The second-order valence-corrected chi connectivity index (χ2v) is 4.85. The molecule has 72 valence electrons. The fraction of sp³-hybridized carbons (Fsp3) is 0.889. The molecule has 0 aromatic rings. The predicted octanol–water partition coefficient (Wildman–Crippen LogP) is 1.90. The van der Waals surface area contributed by atoms with Crippen molar-refractivity contribution in [2.75, 3.05) is 12.3 Å². The fourth-order valence-corrected chi connectivity index (χ4v) is 1.51. The Balaban J connectivity index is 3.57. The lowest BCUT2D eigenvalue weighted by Gasteiger charge is -2.11. The summed E-state index contributed by atoms with van der Waals surface area (Å²) in [5.41, 5.74) is 0. The summed E-state index contributed by atoms with van der Waals surface area (Å²) in [6, 6.07) is 0. The van der Waals surface area contributed by atoms with Crippen molar-refractivity contribution in [2.24, 2.45) is 5.92 Å². The van der Waals surface area contributed by atoms with E-state index in [2.05, 4.69) is 26.1 Å². The van der Waals surface area contributed by atoms with Gasteiger partial charge in [-0.15, -0.1) is 11.8 Å². The summed E-state index contributed by atoms with van der Waals surface area (Å²) in [7, 11) is 0. The molecule has 1 atom stereocenters. The molecule has 0 spiro atoms. The van der Waals surface area contributed by atoms with Crippen molar-refractivity contribution in [1.29, 1.82) is 0 Å². The van der Waals surface area contributed by atoms with Gasteiger partial charge in [-0.25, -0.2) is 0 Å². The summed E-state index contributed by atoms with van der Waals surface area (Å²) < 4.78 is 0. The standard InChI is InChI=1S/C9H19NOS/c1-5-12-8(4)9(11)10-6-7(2)3/h7-8H,5-6H2,1-4H3,(H,10,11)/t8-/m0/s1. The highest BCUT2D eigenvalue weighted by Crippen LogP contribution is 2.08. The summed E-state index contributed by atoms with van der Waals surface area (Å²) >= 11 is 1.68. The Kier molecular flexibility index (Phi) is 6.25. The average molecular weight is 189 g/mol. The number of amides is 1. The quantitative estimate of drug-likeness (QED) is 0.715. The highest BCUT2D eigenvalue weighted by molar-refractivity contribution is 8.00. The number of hydrogen-bond acceptors (Lipinski definition) is 2. The maximum atomic E-state index is 11.3. The Labute approximate surface area is 79.5 Å². The number of nitrogens with one attached hydrogen (secondary N) is 1. The van der Waals surface area contributed by atoms with Crippen LogP contribution in [0.2, 0.25) is 0 Å². The maximum absolute atomic E-state index is 11.3. The molecule has 0 aliphatic rings. The van der Waals surface area contributed by atoms with Crippen LogP contribution in [0.1, 0.15) is 27.7 Å². The monoisotopic (exact) mass is 189 g/mol. The Bertz CT molecular complexity index is 136. The fourth-order valence-electron chi connectivity index (χ4n) is 0.774. The van der Waals surface area contributed by atoms with E-state index in [1.165, 1.54) is 0 Å². The van der Waals surface area contributed by atoms with Gasteiger partial charge in [-0.1, -0.05) is 20.8 Å². The van der Waals surface area contributed by atoms with Crippen LogP contribution in [0.4, 0.5) is 0 Å². The third kappa shape index (κ3) is 5.47. The average Bonchev–Trinajstić information content (AvgIpc) is 2.00. The van der Waals surface area contributed by atoms with Crippen LogP contribution in [-0.4, -0.2) is 23.5 Å². The van der Waals surface area contributed by atoms with E-state index in [1.807, 2.05) is 6.92 Å². The molecular formula is C9H19NOS. The van der Waals surface area contributed by atoms with Gasteiger partial charge in [0.2, 0.25) is 5.91 Å². The molecule has 1 amide bonds. The van der Waals surface area contributed by atoms with Crippen molar-refractivity contribution in [1.82, 2.24) is 5.32 Å². The molecule has 3 heteroatoms. The van der Waals surface area contributed by atoms with Gasteiger partial charge in [-0.05, 0) is 18.6 Å². The molecule has 12 heavy (non-hydrogen) atoms. The highest BCUT2D eigenvalue weighted by Gasteiger charge is 2.11. The largest absolute Gasteiger partial charge is 0.355 e. The molecule has 0 bridgehead atoms. The first-order chi connectivity index (χ1) is 5.57. The topological polar surface area (TPSA) is 29.1 Å². The SMILES string of the molecule is CCS[C@@H](C)C(=O)NCC(C)C. The summed E-state index contributed by atoms with van der Waals surface area (Å²) in [5.74, 6) is 1.69. The molecule has 0 aliphatic heterocycles. The van der Waals surface area contributed by atoms with E-state index in [0.29, 0.717) is 5.92 Å². The van der Waals surface area contributed by atoms with Gasteiger partial charge in [0.1, 0.15) is 0 Å². The van der Waals surface area contributed by atoms with Crippen LogP contribution in [0.3, 0.4) is 0 Å². The first-order valence-electron chi connectivity index (χ1n) is 4.47. The van der Waals surface area contributed by atoms with E-state index in [4.69, 9.17) is 0 Å². The number of hydrogen-bond donors (Lipinski definition) is 1. The summed E-state index contributed by atoms with van der Waals surface area (Å²) in [4.78, 5) is 11.3. The Hall–Kier alpha value is -0.180. The van der Waals surface area contributed by atoms with E-state index in [1.54, 1.807) is 11.8 Å². The first kappa shape index (κ1) is 11.8. The van der Waals surface area contributed by atoms with Gasteiger partial charge >= 0.3 is 0 Å². The maximum Gasteiger partial charge on any atom is 0.232 e. The number of carbonyl (C=O) groups excluding carboxylic acids is 1. The lowest BCUT2D eigenvalue weighted by atomic mass is 10.2. The first-order valence-corrected chi connectivity index (χ1v) is 5.52. The van der Waals surface area contributed by atoms with Gasteiger partial charge in [0.15, 0.2) is 0 Å². The minimum atomic E-state index is 0.0914. The molecule has 0 saturated heterocycles. The van der Waals surface area contributed by atoms with Crippen molar-refractivity contribution in [2.45, 2.75) is 32.9 Å². The molecule has 0 fully saturated rings. The third-order valence-corrected chi connectivity index (χ3v) is 2.52. The second-order valence-electron chi connectivity index (χ2n) is 3.24. The molecule has 1 N–H and O–H groups in total. The van der Waals surface area contributed by atoms with Gasteiger partial charge in [0.25, 0.3) is 0 Å². The van der Waals surface area contributed by atoms with E-state index in [0.717, 1.165) is 12.3 Å². The van der Waals surface area contributed by atoms with Crippen LogP contribution < -0.4 is 5.32 Å². The lowest BCUT2D eigenvalue weighted by Crippen LogP contribution is -2.33. The molecule has 0 aromatic carbocycles. The van der Waals surface area contributed by atoms with E-state index < -0.39 is 0 Å². The van der Waals surface area contributed by atoms with E-state index in [9.17, 15) is 4.79 Å². The molecule has 0 rings (SSSR count). The predicted molar refractivity (Wildman–Crippen MR) is 55.4 cm³/mol. The van der Waals surface area contributed by atoms with Crippen molar-refractivity contribution in [3.05, 3.63) is 0 Å². The van der Waals surface area contributed by atoms with Gasteiger partial charge in [-0.3, -0.25) is 4.79 Å². The van der Waals surface area contributed by atoms with E-state index in [-0.39, 0.29) is 11.2 Å². The summed E-state index contributed by atoms with van der Waals surface area (Å²) in [6.07, 6.45) is 0. The van der Waals surface area contributed by atoms with Crippen LogP contribution in [-0.2, 0) is 4.79 Å². The molecule has 0 radical (unpaired) electrons. The van der Waals surface area contributed by atoms with Gasteiger partial charge in [0, 0.05) is 6.54 Å². The lowest BCUT2D eigenvalue weighted by molar-refractivity contribution is -0.120. The number of rotatable bonds is 5. The zero-order chi connectivity index (χ0) is 9.56. The smallest absolute Gasteiger partial charge is 0.232 e. The summed E-state index contributed by atoms with van der Waals surface area (Å²) in [6.45, 7) is 8.99. The van der Waals surface area contributed by atoms with Crippen LogP contribution in [0, 0.1) is 5.92 Å². The molecule has 0 unspecified atom stereocenters. The molecule has 0 saturated carbocycles. The van der Waals surface area contributed by atoms with Gasteiger partial charge in [0.05, 0.1) is 5.25 Å². The molecule has 2 nitrogen and oxygen atoms in total. The zero-order valence-electron chi connectivity index (χ0n) is 8.39. The molecular weight excluding hydrogens is 170 g/mol. The molecule has 0 heterocycles. The van der Waals surface area contributed by atoms with Gasteiger partial charge < -0.3 is 5.32 Å². The summed E-state index contributed by atoms with van der Waals surface area (Å²) in [5, 5.41) is 3.00. The van der Waals surface area contributed by atoms with Crippen molar-refractivity contribution >= 4 is 17.7 Å². The minimum Gasteiger partial charge on any atom is -0.355 e. The van der Waals surface area contributed by atoms with Gasteiger partial charge in [-0.2, -0.15) is 0 Å². The van der Waals surface area contributed by atoms with Crippen molar-refractivity contribution < 1.29 is 4.79 Å². The van der Waals surface area contributed by atoms with Crippen LogP contribution in [0.5, 0.6) is 0 Å². The van der Waals surface area contributed by atoms with E-state index >= 15 is 0 Å². The zero-order valence-corrected chi connectivity index (χ0v) is 9.20. The highest BCUT2D eigenvalue weighted by atomic mass is 32.2. The minimum absolute atomic E-state index is 0.0914. The second kappa shape index (κ2) is 6.35. The Morgan fingerprint density at radius 3 is 2.42 bits per heavy atom. The third-order valence-electron chi connectivity index (χ3n) is 1.47. The van der Waals surface area contributed by atoms with Crippen molar-refractivity contribution in [3.8, 4) is 0 Å². The normalized spacial score (nSPS) is 13.1. The van der Waals surface area contributed by atoms with Crippen molar-refractivity contribution in [3.63, 3.8) is 0 Å². The number of carbonyl (C=O) groups is 1. The Morgan fingerprint density at radius 1 is 1.42 bits per heavy atom. The van der Waals surface area contributed by atoms with Crippen LogP contribution in [0.25, 0.3) is 0 Å². The van der Waals surface area contributed by atoms with Crippen LogP contribution in [0.15, 0.2) is 0 Å². The Morgan fingerprint density at radius 2 is 2.00 bits per heavy atom. The molecule has 0 aliphatic carbocycles. The number of thioether (sulfide) groups is 1.